The molecule has 1 aromatic heterocycles. The van der Waals surface area contributed by atoms with Crippen molar-refractivity contribution in [1.82, 2.24) is 9.97 Å². The minimum atomic E-state index is 0.160. The average molecular weight is 201 g/mol. The summed E-state index contributed by atoms with van der Waals surface area (Å²) in [7, 11) is 0. The molecular weight excluding hydrogens is 196 g/mol. The van der Waals surface area contributed by atoms with Gasteiger partial charge in [-0.2, -0.15) is 0 Å². The van der Waals surface area contributed by atoms with Gasteiger partial charge in [-0.3, -0.25) is 0 Å². The third kappa shape index (κ3) is 1.17. The van der Waals surface area contributed by atoms with Crippen molar-refractivity contribution in [2.75, 3.05) is 6.61 Å². The summed E-state index contributed by atoms with van der Waals surface area (Å²) in [6, 6.07) is 0. The Labute approximate surface area is 66.6 Å². The predicted molar refractivity (Wildman–Crippen MR) is 38.4 cm³/mol. The number of aromatic nitrogens is 2. The summed E-state index contributed by atoms with van der Waals surface area (Å²) < 4.78 is 5.89. The quantitative estimate of drug-likeness (QED) is 0.643. The Kier molecular flexibility index (Phi) is 1.43. The number of nitrogens with zero attached hydrogens (tertiary/aromatic N) is 2. The summed E-state index contributed by atoms with van der Waals surface area (Å²) in [6.45, 7) is 0.766. The van der Waals surface area contributed by atoms with Gasteiger partial charge in [0.25, 0.3) is 0 Å². The largest absolute Gasteiger partial charge is 0.365 e. The molecule has 1 atom stereocenters. The molecule has 1 aliphatic rings. The zero-order valence-electron chi connectivity index (χ0n) is 5.12. The van der Waals surface area contributed by atoms with Gasteiger partial charge in [0.1, 0.15) is 6.10 Å². The van der Waals surface area contributed by atoms with E-state index < -0.39 is 0 Å². The minimum Gasteiger partial charge on any atom is -0.365 e. The van der Waals surface area contributed by atoms with E-state index in [1.54, 1.807) is 12.4 Å². The van der Waals surface area contributed by atoms with E-state index in [-0.39, 0.29) is 6.10 Å². The van der Waals surface area contributed by atoms with Gasteiger partial charge in [-0.25, -0.2) is 9.97 Å². The summed E-state index contributed by atoms with van der Waals surface area (Å²) in [4.78, 5) is 8.11. The molecular formula is C6H5BrN2O. The summed E-state index contributed by atoms with van der Waals surface area (Å²) in [5.41, 5.74) is 0. The number of hydrogen-bond acceptors (Lipinski definition) is 3. The topological polar surface area (TPSA) is 38.3 Å². The Bertz CT molecular complexity index is 232. The van der Waals surface area contributed by atoms with Gasteiger partial charge in [0.05, 0.1) is 11.1 Å². The molecule has 0 N–H and O–H groups in total. The summed E-state index contributed by atoms with van der Waals surface area (Å²) in [5, 5.41) is 0. The zero-order valence-corrected chi connectivity index (χ0v) is 6.71. The summed E-state index contributed by atoms with van der Waals surface area (Å²) in [6.07, 6.45) is 3.61. The van der Waals surface area contributed by atoms with Crippen LogP contribution >= 0.6 is 15.9 Å². The van der Waals surface area contributed by atoms with E-state index in [0.717, 1.165) is 16.9 Å². The smallest absolute Gasteiger partial charge is 0.159 e. The van der Waals surface area contributed by atoms with Gasteiger partial charge in [0, 0.05) is 12.4 Å². The molecule has 52 valence electrons. The van der Waals surface area contributed by atoms with Crippen LogP contribution in [0.3, 0.4) is 0 Å². The lowest BCUT2D eigenvalue weighted by Gasteiger charge is -1.91. The van der Waals surface area contributed by atoms with Crippen molar-refractivity contribution < 1.29 is 4.74 Å². The second-order valence-electron chi connectivity index (χ2n) is 2.08. The van der Waals surface area contributed by atoms with Gasteiger partial charge < -0.3 is 4.74 Å². The maximum Gasteiger partial charge on any atom is 0.159 e. The predicted octanol–water partition coefficient (Wildman–Crippen LogP) is 1.31. The molecule has 1 aliphatic heterocycles. The first kappa shape index (κ1) is 6.24. The Hall–Kier alpha value is -0.480. The van der Waals surface area contributed by atoms with Crippen LogP contribution < -0.4 is 0 Å². The van der Waals surface area contributed by atoms with Crippen LogP contribution in [0, 0.1) is 0 Å². The molecule has 1 aromatic rings. The molecule has 2 rings (SSSR count). The van der Waals surface area contributed by atoms with Gasteiger partial charge in [0.15, 0.2) is 5.82 Å². The highest BCUT2D eigenvalue weighted by molar-refractivity contribution is 9.10. The van der Waals surface area contributed by atoms with E-state index in [1.165, 1.54) is 0 Å². The highest BCUT2D eigenvalue weighted by atomic mass is 79.9. The van der Waals surface area contributed by atoms with Gasteiger partial charge >= 0.3 is 0 Å². The van der Waals surface area contributed by atoms with Crippen molar-refractivity contribution in [3.8, 4) is 0 Å². The Morgan fingerprint density at radius 2 is 2.10 bits per heavy atom. The molecule has 3 nitrogen and oxygen atoms in total. The fourth-order valence-electron chi connectivity index (χ4n) is 0.686. The third-order valence-electron chi connectivity index (χ3n) is 1.26. The van der Waals surface area contributed by atoms with Gasteiger partial charge in [0.2, 0.25) is 0 Å². The first-order valence-corrected chi connectivity index (χ1v) is 3.74. The molecule has 2 heterocycles. The Balaban J connectivity index is 2.28. The molecule has 4 heteroatoms. The number of halogens is 1. The molecule has 1 saturated heterocycles. The highest BCUT2D eigenvalue weighted by Gasteiger charge is 2.27. The number of hydrogen-bond donors (Lipinski definition) is 0. The Morgan fingerprint density at radius 1 is 1.50 bits per heavy atom. The fourth-order valence-corrected chi connectivity index (χ4v) is 0.890. The standard InChI is InChI=1S/C6H5BrN2O/c7-4-1-8-6(9-2-4)5-3-10-5/h1-2,5H,3H2. The van der Waals surface area contributed by atoms with Crippen molar-refractivity contribution in [2.24, 2.45) is 0 Å². The second kappa shape index (κ2) is 2.29. The first-order chi connectivity index (χ1) is 4.86. The van der Waals surface area contributed by atoms with Crippen LogP contribution in [-0.4, -0.2) is 16.6 Å². The molecule has 0 aliphatic carbocycles. The lowest BCUT2D eigenvalue weighted by Crippen LogP contribution is -1.90. The maximum atomic E-state index is 4.99. The molecule has 0 radical (unpaired) electrons. The van der Waals surface area contributed by atoms with Crippen LogP contribution in [0.25, 0.3) is 0 Å². The lowest BCUT2D eigenvalue weighted by molar-refractivity contribution is 0.406. The van der Waals surface area contributed by atoms with E-state index in [1.807, 2.05) is 0 Å². The molecule has 1 unspecified atom stereocenters. The maximum absolute atomic E-state index is 4.99. The van der Waals surface area contributed by atoms with E-state index in [9.17, 15) is 0 Å². The van der Waals surface area contributed by atoms with Crippen LogP contribution in [-0.2, 0) is 4.74 Å². The number of epoxide rings is 1. The molecule has 0 saturated carbocycles. The van der Waals surface area contributed by atoms with E-state index in [4.69, 9.17) is 4.74 Å². The first-order valence-electron chi connectivity index (χ1n) is 2.95. The van der Waals surface area contributed by atoms with E-state index in [0.29, 0.717) is 0 Å². The van der Waals surface area contributed by atoms with Crippen LogP contribution in [0.4, 0.5) is 0 Å². The second-order valence-corrected chi connectivity index (χ2v) is 3.00. The van der Waals surface area contributed by atoms with Gasteiger partial charge in [-0.05, 0) is 15.9 Å². The van der Waals surface area contributed by atoms with Crippen molar-refractivity contribution in [1.29, 1.82) is 0 Å². The van der Waals surface area contributed by atoms with Crippen LogP contribution in [0.2, 0.25) is 0 Å². The summed E-state index contributed by atoms with van der Waals surface area (Å²) >= 11 is 3.25. The Morgan fingerprint density at radius 3 is 2.60 bits per heavy atom. The van der Waals surface area contributed by atoms with E-state index in [2.05, 4.69) is 25.9 Å². The third-order valence-corrected chi connectivity index (χ3v) is 1.67. The van der Waals surface area contributed by atoms with E-state index >= 15 is 0 Å². The van der Waals surface area contributed by atoms with Crippen molar-refractivity contribution in [3.05, 3.63) is 22.7 Å². The van der Waals surface area contributed by atoms with Crippen molar-refractivity contribution in [3.63, 3.8) is 0 Å². The number of ether oxygens (including phenoxy) is 1. The molecule has 1 fully saturated rings. The van der Waals surface area contributed by atoms with Gasteiger partial charge in [-0.1, -0.05) is 0 Å². The average Bonchev–Trinajstić information content (AvgIpc) is 2.71. The van der Waals surface area contributed by atoms with Crippen molar-refractivity contribution >= 4 is 15.9 Å². The fraction of sp³-hybridized carbons (Fsp3) is 0.333. The SMILES string of the molecule is Brc1cnc(C2CO2)nc1. The zero-order chi connectivity index (χ0) is 6.97. The molecule has 0 amide bonds. The molecule has 0 bridgehead atoms. The van der Waals surface area contributed by atoms with Crippen LogP contribution in [0.5, 0.6) is 0 Å². The summed E-state index contributed by atoms with van der Waals surface area (Å²) in [5.74, 6) is 0.781. The highest BCUT2D eigenvalue weighted by Crippen LogP contribution is 2.26. The molecule has 0 aromatic carbocycles. The van der Waals surface area contributed by atoms with Crippen molar-refractivity contribution in [2.45, 2.75) is 6.10 Å². The monoisotopic (exact) mass is 200 g/mol. The molecule has 10 heavy (non-hydrogen) atoms. The normalized spacial score (nSPS) is 22.7. The number of rotatable bonds is 1. The van der Waals surface area contributed by atoms with Crippen LogP contribution in [0.1, 0.15) is 11.9 Å². The van der Waals surface area contributed by atoms with Gasteiger partial charge in [-0.15, -0.1) is 0 Å². The van der Waals surface area contributed by atoms with Crippen LogP contribution in [0.15, 0.2) is 16.9 Å². The molecule has 0 spiro atoms. The lowest BCUT2D eigenvalue weighted by atomic mass is 10.4. The minimum absolute atomic E-state index is 0.160.